The van der Waals surface area contributed by atoms with E-state index in [0.717, 1.165) is 26.1 Å². The summed E-state index contributed by atoms with van der Waals surface area (Å²) >= 11 is 0. The number of nitrogens with one attached hydrogen (secondary N) is 1. The summed E-state index contributed by atoms with van der Waals surface area (Å²) in [5.74, 6) is -0.616. The number of nitrogen functional groups attached to an aromatic ring is 1. The molecule has 1 fully saturated rings. The van der Waals surface area contributed by atoms with Crippen LogP contribution in [0.25, 0.3) is 0 Å². The molecule has 4 nitrogen and oxygen atoms in total. The van der Waals surface area contributed by atoms with Gasteiger partial charge >= 0.3 is 0 Å². The van der Waals surface area contributed by atoms with Gasteiger partial charge in [0, 0.05) is 12.1 Å². The summed E-state index contributed by atoms with van der Waals surface area (Å²) in [5.41, 5.74) is 6.18. The van der Waals surface area contributed by atoms with Crippen molar-refractivity contribution in [2.75, 3.05) is 30.7 Å². The first-order valence-corrected chi connectivity index (χ1v) is 7.22. The Labute approximate surface area is 119 Å². The van der Waals surface area contributed by atoms with Crippen LogP contribution in [0.4, 0.5) is 15.8 Å². The monoisotopic (exact) mass is 279 g/mol. The maximum Gasteiger partial charge on any atom is 0.224 e. The van der Waals surface area contributed by atoms with Gasteiger partial charge in [-0.25, -0.2) is 4.39 Å². The van der Waals surface area contributed by atoms with Crippen molar-refractivity contribution < 1.29 is 9.18 Å². The molecule has 1 aromatic carbocycles. The van der Waals surface area contributed by atoms with Crippen molar-refractivity contribution in [3.8, 4) is 0 Å². The van der Waals surface area contributed by atoms with Gasteiger partial charge in [-0.05, 0) is 57.1 Å². The number of hydrogen-bond acceptors (Lipinski definition) is 3. The maximum atomic E-state index is 13.5. The van der Waals surface area contributed by atoms with Crippen LogP contribution in [0, 0.1) is 5.82 Å². The third-order valence-corrected chi connectivity index (χ3v) is 3.59. The van der Waals surface area contributed by atoms with Gasteiger partial charge in [0.2, 0.25) is 5.91 Å². The maximum absolute atomic E-state index is 13.5. The van der Waals surface area contributed by atoms with Gasteiger partial charge in [-0.2, -0.15) is 0 Å². The molecule has 1 aliphatic rings. The highest BCUT2D eigenvalue weighted by molar-refractivity contribution is 5.91. The molecule has 0 aliphatic carbocycles. The lowest BCUT2D eigenvalue weighted by Crippen LogP contribution is -2.31. The van der Waals surface area contributed by atoms with Crippen LogP contribution in [0.2, 0.25) is 0 Å². The highest BCUT2D eigenvalue weighted by atomic mass is 19.1. The van der Waals surface area contributed by atoms with Crippen LogP contribution in [0.5, 0.6) is 0 Å². The zero-order valence-corrected chi connectivity index (χ0v) is 11.7. The number of benzene rings is 1. The number of anilines is 2. The van der Waals surface area contributed by atoms with Gasteiger partial charge in [0.05, 0.1) is 5.69 Å². The molecule has 0 saturated carbocycles. The number of likely N-dealkylation sites (tertiary alicyclic amines) is 1. The molecule has 1 heterocycles. The van der Waals surface area contributed by atoms with E-state index < -0.39 is 5.82 Å². The quantitative estimate of drug-likeness (QED) is 0.815. The number of hydrogen-bond donors (Lipinski definition) is 2. The Bertz CT molecular complexity index is 458. The summed E-state index contributed by atoms with van der Waals surface area (Å²) in [4.78, 5) is 14.2. The molecule has 1 aliphatic heterocycles. The van der Waals surface area contributed by atoms with Gasteiger partial charge in [-0.3, -0.25) is 4.79 Å². The smallest absolute Gasteiger partial charge is 0.224 e. The molecule has 2 rings (SSSR count). The molecule has 3 N–H and O–H groups in total. The SMILES string of the molecule is Nc1ccc(F)c(NC(=O)CCCN2CCCCC2)c1. The lowest BCUT2D eigenvalue weighted by atomic mass is 10.1. The average Bonchev–Trinajstić information content (AvgIpc) is 2.44. The van der Waals surface area contributed by atoms with Crippen molar-refractivity contribution in [3.63, 3.8) is 0 Å². The van der Waals surface area contributed by atoms with Crippen LogP contribution < -0.4 is 11.1 Å². The predicted molar refractivity (Wildman–Crippen MR) is 79.0 cm³/mol. The number of carbonyl (C=O) groups excluding carboxylic acids is 1. The van der Waals surface area contributed by atoms with Gasteiger partial charge in [-0.1, -0.05) is 6.42 Å². The molecule has 0 aromatic heterocycles. The Morgan fingerprint density at radius 1 is 1.30 bits per heavy atom. The molecule has 5 heteroatoms. The molecule has 110 valence electrons. The van der Waals surface area contributed by atoms with E-state index in [-0.39, 0.29) is 11.6 Å². The second kappa shape index (κ2) is 7.24. The summed E-state index contributed by atoms with van der Waals surface area (Å²) in [5, 5.41) is 2.58. The first-order chi connectivity index (χ1) is 9.65. The molecular weight excluding hydrogens is 257 g/mol. The van der Waals surface area contributed by atoms with Crippen molar-refractivity contribution in [1.82, 2.24) is 4.90 Å². The predicted octanol–water partition coefficient (Wildman–Crippen LogP) is 2.61. The van der Waals surface area contributed by atoms with Gasteiger partial charge in [0.25, 0.3) is 0 Å². The van der Waals surface area contributed by atoms with E-state index in [4.69, 9.17) is 5.73 Å². The van der Waals surface area contributed by atoms with Crippen molar-refractivity contribution >= 4 is 17.3 Å². The van der Waals surface area contributed by atoms with E-state index >= 15 is 0 Å². The minimum atomic E-state index is -0.455. The van der Waals surface area contributed by atoms with Crippen LogP contribution >= 0.6 is 0 Å². The molecule has 0 radical (unpaired) electrons. The molecule has 1 aromatic rings. The number of nitrogens with two attached hydrogens (primary N) is 1. The van der Waals surface area contributed by atoms with E-state index in [1.807, 2.05) is 0 Å². The molecule has 1 amide bonds. The fourth-order valence-corrected chi connectivity index (χ4v) is 2.50. The number of nitrogens with zero attached hydrogens (tertiary/aromatic N) is 1. The van der Waals surface area contributed by atoms with E-state index in [9.17, 15) is 9.18 Å². The van der Waals surface area contributed by atoms with Crippen LogP contribution in [0.3, 0.4) is 0 Å². The average molecular weight is 279 g/mol. The zero-order chi connectivity index (χ0) is 14.4. The Morgan fingerprint density at radius 3 is 2.80 bits per heavy atom. The first kappa shape index (κ1) is 14.8. The number of carbonyl (C=O) groups is 1. The molecule has 20 heavy (non-hydrogen) atoms. The molecule has 0 atom stereocenters. The minimum Gasteiger partial charge on any atom is -0.399 e. The van der Waals surface area contributed by atoms with Crippen molar-refractivity contribution in [2.45, 2.75) is 32.1 Å². The van der Waals surface area contributed by atoms with Gasteiger partial charge in [-0.15, -0.1) is 0 Å². The third-order valence-electron chi connectivity index (χ3n) is 3.59. The van der Waals surface area contributed by atoms with Gasteiger partial charge < -0.3 is 16.0 Å². The molecule has 0 bridgehead atoms. The topological polar surface area (TPSA) is 58.4 Å². The summed E-state index contributed by atoms with van der Waals surface area (Å²) in [7, 11) is 0. The second-order valence-corrected chi connectivity index (χ2v) is 5.29. The number of amides is 1. The largest absolute Gasteiger partial charge is 0.399 e. The second-order valence-electron chi connectivity index (χ2n) is 5.29. The zero-order valence-electron chi connectivity index (χ0n) is 11.7. The highest BCUT2D eigenvalue weighted by Crippen LogP contribution is 2.17. The van der Waals surface area contributed by atoms with E-state index in [1.165, 1.54) is 37.5 Å². The third kappa shape index (κ3) is 4.49. The van der Waals surface area contributed by atoms with Crippen LogP contribution in [0.1, 0.15) is 32.1 Å². The van der Waals surface area contributed by atoms with E-state index in [2.05, 4.69) is 10.2 Å². The molecule has 1 saturated heterocycles. The van der Waals surface area contributed by atoms with Crippen LogP contribution in [-0.2, 0) is 4.79 Å². The molecule has 0 spiro atoms. The highest BCUT2D eigenvalue weighted by Gasteiger charge is 2.11. The van der Waals surface area contributed by atoms with Gasteiger partial charge in [0.15, 0.2) is 0 Å². The van der Waals surface area contributed by atoms with Crippen molar-refractivity contribution in [1.29, 1.82) is 0 Å². The number of piperidine rings is 1. The fraction of sp³-hybridized carbons (Fsp3) is 0.533. The molecular formula is C15H22FN3O. The van der Waals surface area contributed by atoms with E-state index in [1.54, 1.807) is 0 Å². The van der Waals surface area contributed by atoms with Crippen molar-refractivity contribution in [2.24, 2.45) is 0 Å². The summed E-state index contributed by atoms with van der Waals surface area (Å²) in [6.45, 7) is 3.20. The van der Waals surface area contributed by atoms with Crippen molar-refractivity contribution in [3.05, 3.63) is 24.0 Å². The first-order valence-electron chi connectivity index (χ1n) is 7.22. The Kier molecular flexibility index (Phi) is 5.35. The summed E-state index contributed by atoms with van der Waals surface area (Å²) in [6, 6.07) is 4.18. The Morgan fingerprint density at radius 2 is 2.05 bits per heavy atom. The molecule has 0 unspecified atom stereocenters. The lowest BCUT2D eigenvalue weighted by molar-refractivity contribution is -0.116. The fourth-order valence-electron chi connectivity index (χ4n) is 2.50. The van der Waals surface area contributed by atoms with Gasteiger partial charge in [0.1, 0.15) is 5.82 Å². The van der Waals surface area contributed by atoms with Crippen LogP contribution in [0.15, 0.2) is 18.2 Å². The van der Waals surface area contributed by atoms with E-state index in [0.29, 0.717) is 12.1 Å². The Balaban J connectivity index is 1.73. The Hall–Kier alpha value is -1.62. The number of halogens is 1. The number of rotatable bonds is 5. The summed E-state index contributed by atoms with van der Waals surface area (Å²) in [6.07, 6.45) is 5.02. The minimum absolute atomic E-state index is 0.160. The lowest BCUT2D eigenvalue weighted by Gasteiger charge is -2.26. The normalized spacial score (nSPS) is 16.1. The van der Waals surface area contributed by atoms with Crippen LogP contribution in [-0.4, -0.2) is 30.4 Å². The standard InChI is InChI=1S/C15H22FN3O/c16-13-7-6-12(17)11-14(13)18-15(20)5-4-10-19-8-2-1-3-9-19/h6-7,11H,1-5,8-10,17H2,(H,18,20). The summed E-state index contributed by atoms with van der Waals surface area (Å²) < 4.78 is 13.5.